The van der Waals surface area contributed by atoms with Crippen molar-refractivity contribution in [1.82, 2.24) is 15.1 Å². The van der Waals surface area contributed by atoms with Crippen LogP contribution in [0.5, 0.6) is 0 Å². The third-order valence-corrected chi connectivity index (χ3v) is 4.57. The van der Waals surface area contributed by atoms with Crippen molar-refractivity contribution in [2.45, 2.75) is 19.8 Å². The van der Waals surface area contributed by atoms with Gasteiger partial charge in [0.2, 0.25) is 5.91 Å². The number of amides is 1. The maximum absolute atomic E-state index is 12.7. The van der Waals surface area contributed by atoms with Gasteiger partial charge in [0.25, 0.3) is 0 Å². The molecule has 2 atom stereocenters. The molecule has 124 valence electrons. The molecule has 0 saturated carbocycles. The Hall–Kier alpha value is -1.85. The summed E-state index contributed by atoms with van der Waals surface area (Å²) in [5.41, 5.74) is 4.33. The highest BCUT2D eigenvalue weighted by Crippen LogP contribution is 2.29. The number of nitrogens with one attached hydrogen (secondary N) is 2. The van der Waals surface area contributed by atoms with E-state index in [4.69, 9.17) is 0 Å². The molecule has 1 fully saturated rings. The lowest BCUT2D eigenvalue weighted by atomic mass is 9.90. The van der Waals surface area contributed by atoms with E-state index in [1.54, 1.807) is 4.68 Å². The highest BCUT2D eigenvalue weighted by atomic mass is 35.5. The minimum atomic E-state index is -0.0656. The van der Waals surface area contributed by atoms with Crippen LogP contribution in [0.3, 0.4) is 0 Å². The summed E-state index contributed by atoms with van der Waals surface area (Å²) in [6.45, 7) is 5.61. The van der Waals surface area contributed by atoms with Gasteiger partial charge in [0.1, 0.15) is 0 Å². The molecular formula is C17H23ClN4O. The number of nitrogens with zero attached hydrogens (tertiary/aromatic N) is 2. The Morgan fingerprint density at radius 2 is 2.13 bits per heavy atom. The van der Waals surface area contributed by atoms with E-state index in [-0.39, 0.29) is 30.2 Å². The Kier molecular flexibility index (Phi) is 5.44. The fourth-order valence-corrected chi connectivity index (χ4v) is 3.05. The molecule has 6 heteroatoms. The highest BCUT2D eigenvalue weighted by molar-refractivity contribution is 5.94. The summed E-state index contributed by atoms with van der Waals surface area (Å²) in [7, 11) is 1.90. The fraction of sp³-hybridized carbons (Fsp3) is 0.412. The predicted octanol–water partition coefficient (Wildman–Crippen LogP) is 2.40. The van der Waals surface area contributed by atoms with Gasteiger partial charge in [-0.1, -0.05) is 12.1 Å². The molecule has 5 nitrogen and oxygen atoms in total. The van der Waals surface area contributed by atoms with Crippen LogP contribution in [0.1, 0.15) is 22.6 Å². The van der Waals surface area contributed by atoms with Gasteiger partial charge in [-0.2, -0.15) is 5.10 Å². The Morgan fingerprint density at radius 3 is 2.83 bits per heavy atom. The average Bonchev–Trinajstić information content (AvgIpc) is 3.12. The molecule has 23 heavy (non-hydrogen) atoms. The molecule has 1 aromatic heterocycles. The van der Waals surface area contributed by atoms with Crippen LogP contribution in [0.4, 0.5) is 5.69 Å². The predicted molar refractivity (Wildman–Crippen MR) is 94.1 cm³/mol. The van der Waals surface area contributed by atoms with Gasteiger partial charge in [-0.05, 0) is 36.6 Å². The summed E-state index contributed by atoms with van der Waals surface area (Å²) in [6.07, 6.45) is 3.85. The average molecular weight is 335 g/mol. The number of rotatable bonds is 3. The Labute approximate surface area is 142 Å². The summed E-state index contributed by atoms with van der Waals surface area (Å²) in [6, 6.07) is 5.99. The van der Waals surface area contributed by atoms with E-state index in [0.717, 1.165) is 23.4 Å². The third-order valence-electron chi connectivity index (χ3n) is 4.57. The fourth-order valence-electron chi connectivity index (χ4n) is 3.05. The molecule has 2 heterocycles. The normalized spacial score (nSPS) is 20.1. The molecule has 0 unspecified atom stereocenters. The summed E-state index contributed by atoms with van der Waals surface area (Å²) in [5, 5.41) is 10.6. The monoisotopic (exact) mass is 334 g/mol. The van der Waals surface area contributed by atoms with Gasteiger partial charge in [-0.3, -0.25) is 9.48 Å². The molecule has 0 aliphatic carbocycles. The number of aromatic nitrogens is 2. The van der Waals surface area contributed by atoms with Gasteiger partial charge >= 0.3 is 0 Å². The van der Waals surface area contributed by atoms with E-state index in [1.807, 2.05) is 38.5 Å². The van der Waals surface area contributed by atoms with Crippen LogP contribution in [-0.4, -0.2) is 28.8 Å². The quantitative estimate of drug-likeness (QED) is 0.906. The highest BCUT2D eigenvalue weighted by Gasteiger charge is 2.34. The van der Waals surface area contributed by atoms with Crippen molar-refractivity contribution in [3.8, 4) is 0 Å². The second-order valence-corrected chi connectivity index (χ2v) is 6.06. The van der Waals surface area contributed by atoms with E-state index < -0.39 is 0 Å². The number of hydrogen-bond acceptors (Lipinski definition) is 3. The molecule has 1 aliphatic heterocycles. The largest absolute Gasteiger partial charge is 0.326 e. The lowest BCUT2D eigenvalue weighted by Gasteiger charge is -2.18. The zero-order valence-corrected chi connectivity index (χ0v) is 14.5. The van der Waals surface area contributed by atoms with Crippen molar-refractivity contribution in [3.63, 3.8) is 0 Å². The van der Waals surface area contributed by atoms with Crippen LogP contribution >= 0.6 is 12.4 Å². The van der Waals surface area contributed by atoms with Crippen molar-refractivity contribution < 1.29 is 4.79 Å². The maximum Gasteiger partial charge on any atom is 0.229 e. The van der Waals surface area contributed by atoms with E-state index in [1.165, 1.54) is 5.56 Å². The van der Waals surface area contributed by atoms with E-state index in [0.29, 0.717) is 6.54 Å². The first-order valence-corrected chi connectivity index (χ1v) is 7.62. The van der Waals surface area contributed by atoms with Crippen LogP contribution in [0.15, 0.2) is 30.6 Å². The topological polar surface area (TPSA) is 59.0 Å². The minimum Gasteiger partial charge on any atom is -0.326 e. The molecule has 2 N–H and O–H groups in total. The number of carbonyl (C=O) groups excluding carboxylic acids is 1. The second-order valence-electron chi connectivity index (χ2n) is 6.06. The number of carbonyl (C=O) groups is 1. The SMILES string of the molecule is Cc1cccc(NC(=O)[C@H]2CNC[C@@H]2c2cnn(C)c2)c1C.Cl. The Bertz CT molecular complexity index is 698. The molecule has 1 saturated heterocycles. The van der Waals surface area contributed by atoms with Gasteiger partial charge in [0.15, 0.2) is 0 Å². The number of anilines is 1. The van der Waals surface area contributed by atoms with Crippen molar-refractivity contribution in [2.75, 3.05) is 18.4 Å². The zero-order chi connectivity index (χ0) is 15.7. The second kappa shape index (κ2) is 7.15. The molecule has 0 bridgehead atoms. The first-order valence-electron chi connectivity index (χ1n) is 7.62. The molecule has 1 aromatic carbocycles. The Balaban J connectivity index is 0.00000192. The minimum absolute atomic E-state index is 0. The first kappa shape index (κ1) is 17.5. The van der Waals surface area contributed by atoms with Crippen LogP contribution in [0.25, 0.3) is 0 Å². The van der Waals surface area contributed by atoms with Crippen molar-refractivity contribution in [2.24, 2.45) is 13.0 Å². The summed E-state index contributed by atoms with van der Waals surface area (Å²) in [5.74, 6) is 0.190. The van der Waals surface area contributed by atoms with Gasteiger partial charge in [-0.15, -0.1) is 12.4 Å². The number of hydrogen-bond donors (Lipinski definition) is 2. The van der Waals surface area contributed by atoms with Gasteiger partial charge in [0, 0.05) is 37.9 Å². The van der Waals surface area contributed by atoms with Crippen molar-refractivity contribution in [3.05, 3.63) is 47.3 Å². The van der Waals surface area contributed by atoms with E-state index in [2.05, 4.69) is 28.7 Å². The van der Waals surface area contributed by atoms with Crippen LogP contribution < -0.4 is 10.6 Å². The third kappa shape index (κ3) is 3.57. The van der Waals surface area contributed by atoms with Crippen molar-refractivity contribution in [1.29, 1.82) is 0 Å². The summed E-state index contributed by atoms with van der Waals surface area (Å²) in [4.78, 5) is 12.7. The molecule has 1 amide bonds. The zero-order valence-electron chi connectivity index (χ0n) is 13.7. The standard InChI is InChI=1S/C17H22N4O.ClH/c1-11-5-4-6-16(12(11)2)20-17(22)15-9-18-8-14(15)13-7-19-21(3)10-13;/h4-7,10,14-15,18H,8-9H2,1-3H3,(H,20,22);1H/t14-,15+;/m1./s1. The molecular weight excluding hydrogens is 312 g/mol. The van der Waals surface area contributed by atoms with Gasteiger partial charge in [-0.25, -0.2) is 0 Å². The molecule has 0 radical (unpaired) electrons. The molecule has 3 rings (SSSR count). The molecule has 2 aromatic rings. The summed E-state index contributed by atoms with van der Waals surface area (Å²) >= 11 is 0. The molecule has 0 spiro atoms. The lowest BCUT2D eigenvalue weighted by molar-refractivity contribution is -0.119. The number of benzene rings is 1. The molecule has 1 aliphatic rings. The number of aryl methyl sites for hydroxylation is 2. The van der Waals surface area contributed by atoms with Crippen LogP contribution in [-0.2, 0) is 11.8 Å². The maximum atomic E-state index is 12.7. The lowest BCUT2D eigenvalue weighted by Crippen LogP contribution is -2.28. The van der Waals surface area contributed by atoms with Crippen LogP contribution in [0.2, 0.25) is 0 Å². The first-order chi connectivity index (χ1) is 10.6. The van der Waals surface area contributed by atoms with Gasteiger partial charge in [0.05, 0.1) is 12.1 Å². The number of halogens is 1. The smallest absolute Gasteiger partial charge is 0.229 e. The van der Waals surface area contributed by atoms with E-state index >= 15 is 0 Å². The van der Waals surface area contributed by atoms with Gasteiger partial charge < -0.3 is 10.6 Å². The van der Waals surface area contributed by atoms with E-state index in [9.17, 15) is 4.79 Å². The van der Waals surface area contributed by atoms with Crippen molar-refractivity contribution >= 4 is 24.0 Å². The van der Waals surface area contributed by atoms with Crippen LogP contribution in [0, 0.1) is 19.8 Å². The Morgan fingerprint density at radius 1 is 1.35 bits per heavy atom. The summed E-state index contributed by atoms with van der Waals surface area (Å²) < 4.78 is 1.79.